The van der Waals surface area contributed by atoms with Crippen LogP contribution in [0, 0.1) is 0 Å². The molecule has 0 radical (unpaired) electrons. The molecule has 1 aliphatic heterocycles. The Balaban J connectivity index is 1.60. The number of carbonyl (C=O) groups is 1. The molecule has 1 atom stereocenters. The standard InChI is InChI=1S/C18H19ClN2O3/c19-17-8-7-13(10-20-17)11-21-18(22)15-5-1-2-6-16(15)24-12-14-4-3-9-23-14/h1-2,5-8,10,14H,3-4,9,11-12H2,(H,21,22). The maximum absolute atomic E-state index is 12.4. The number of aromatic nitrogens is 1. The predicted octanol–water partition coefficient (Wildman–Crippen LogP) is 3.22. The molecule has 1 aromatic carbocycles. The summed E-state index contributed by atoms with van der Waals surface area (Å²) in [7, 11) is 0. The van der Waals surface area contributed by atoms with Crippen molar-refractivity contribution in [3.63, 3.8) is 0 Å². The molecule has 1 amide bonds. The smallest absolute Gasteiger partial charge is 0.255 e. The Kier molecular flexibility index (Phi) is 5.67. The van der Waals surface area contributed by atoms with Gasteiger partial charge in [0.05, 0.1) is 11.7 Å². The Morgan fingerprint density at radius 3 is 2.96 bits per heavy atom. The molecular weight excluding hydrogens is 328 g/mol. The number of para-hydroxylation sites is 1. The van der Waals surface area contributed by atoms with Gasteiger partial charge in [0.25, 0.3) is 5.91 Å². The van der Waals surface area contributed by atoms with Gasteiger partial charge in [-0.25, -0.2) is 4.98 Å². The SMILES string of the molecule is O=C(NCc1ccc(Cl)nc1)c1ccccc1OCC1CCCO1. The Morgan fingerprint density at radius 1 is 1.33 bits per heavy atom. The van der Waals surface area contributed by atoms with Gasteiger partial charge in [-0.15, -0.1) is 0 Å². The van der Waals surface area contributed by atoms with E-state index >= 15 is 0 Å². The van der Waals surface area contributed by atoms with E-state index in [9.17, 15) is 4.79 Å². The average Bonchev–Trinajstić information content (AvgIpc) is 3.13. The van der Waals surface area contributed by atoms with Gasteiger partial charge in [-0.2, -0.15) is 0 Å². The average molecular weight is 347 g/mol. The molecule has 1 aliphatic rings. The predicted molar refractivity (Wildman–Crippen MR) is 91.3 cm³/mol. The molecule has 24 heavy (non-hydrogen) atoms. The summed E-state index contributed by atoms with van der Waals surface area (Å²) in [5.74, 6) is 0.382. The fourth-order valence-electron chi connectivity index (χ4n) is 2.53. The first-order chi connectivity index (χ1) is 11.7. The zero-order valence-electron chi connectivity index (χ0n) is 13.2. The Labute approximate surface area is 145 Å². The van der Waals surface area contributed by atoms with E-state index in [1.807, 2.05) is 18.2 Å². The molecule has 0 saturated carbocycles. The minimum absolute atomic E-state index is 0.112. The molecular formula is C18H19ClN2O3. The van der Waals surface area contributed by atoms with Crippen LogP contribution in [0.1, 0.15) is 28.8 Å². The first-order valence-corrected chi connectivity index (χ1v) is 8.32. The molecule has 1 unspecified atom stereocenters. The van der Waals surface area contributed by atoms with E-state index < -0.39 is 0 Å². The highest BCUT2D eigenvalue weighted by Crippen LogP contribution is 2.20. The van der Waals surface area contributed by atoms with Crippen LogP contribution < -0.4 is 10.1 Å². The van der Waals surface area contributed by atoms with E-state index in [2.05, 4.69) is 10.3 Å². The topological polar surface area (TPSA) is 60.5 Å². The van der Waals surface area contributed by atoms with E-state index in [4.69, 9.17) is 21.1 Å². The van der Waals surface area contributed by atoms with E-state index in [0.29, 0.717) is 29.6 Å². The second kappa shape index (κ2) is 8.13. The Morgan fingerprint density at radius 2 is 2.21 bits per heavy atom. The van der Waals surface area contributed by atoms with E-state index in [0.717, 1.165) is 25.0 Å². The number of nitrogens with one attached hydrogen (secondary N) is 1. The zero-order valence-corrected chi connectivity index (χ0v) is 14.0. The molecule has 1 saturated heterocycles. The Bertz CT molecular complexity index is 685. The van der Waals surface area contributed by atoms with Gasteiger partial charge in [-0.05, 0) is 36.6 Å². The van der Waals surface area contributed by atoms with Crippen molar-refractivity contribution in [2.24, 2.45) is 0 Å². The van der Waals surface area contributed by atoms with Crippen LogP contribution in [0.4, 0.5) is 0 Å². The van der Waals surface area contributed by atoms with Crippen molar-refractivity contribution in [3.05, 3.63) is 58.9 Å². The normalized spacial score (nSPS) is 16.8. The van der Waals surface area contributed by atoms with E-state index in [1.54, 1.807) is 24.4 Å². The fourth-order valence-corrected chi connectivity index (χ4v) is 2.64. The van der Waals surface area contributed by atoms with E-state index in [1.165, 1.54) is 0 Å². The summed E-state index contributed by atoms with van der Waals surface area (Å²) in [6.45, 7) is 1.62. The number of benzene rings is 1. The number of hydrogen-bond acceptors (Lipinski definition) is 4. The van der Waals surface area contributed by atoms with Crippen molar-refractivity contribution in [2.45, 2.75) is 25.5 Å². The Hall–Kier alpha value is -2.11. The molecule has 5 nitrogen and oxygen atoms in total. The lowest BCUT2D eigenvalue weighted by Crippen LogP contribution is -2.24. The van der Waals surface area contributed by atoms with E-state index in [-0.39, 0.29) is 12.0 Å². The van der Waals surface area contributed by atoms with Gasteiger partial charge in [0.1, 0.15) is 17.5 Å². The second-order valence-corrected chi connectivity index (χ2v) is 6.00. The summed E-state index contributed by atoms with van der Waals surface area (Å²) < 4.78 is 11.3. The highest BCUT2D eigenvalue weighted by Gasteiger charge is 2.18. The summed E-state index contributed by atoms with van der Waals surface area (Å²) in [4.78, 5) is 16.4. The number of halogens is 1. The molecule has 1 aromatic heterocycles. The minimum Gasteiger partial charge on any atom is -0.490 e. The summed E-state index contributed by atoms with van der Waals surface area (Å²) in [6.07, 6.45) is 3.81. The second-order valence-electron chi connectivity index (χ2n) is 5.61. The third-order valence-electron chi connectivity index (χ3n) is 3.82. The van der Waals surface area contributed by atoms with Crippen molar-refractivity contribution < 1.29 is 14.3 Å². The summed E-state index contributed by atoms with van der Waals surface area (Å²) >= 11 is 5.75. The number of pyridine rings is 1. The molecule has 0 bridgehead atoms. The van der Waals surface area contributed by atoms with Gasteiger partial charge in [0.15, 0.2) is 0 Å². The first kappa shape index (κ1) is 16.7. The van der Waals surface area contributed by atoms with Crippen LogP contribution >= 0.6 is 11.6 Å². The van der Waals surface area contributed by atoms with Crippen LogP contribution in [0.15, 0.2) is 42.6 Å². The van der Waals surface area contributed by atoms with Crippen LogP contribution in [0.2, 0.25) is 5.15 Å². The monoisotopic (exact) mass is 346 g/mol. The summed E-state index contributed by atoms with van der Waals surface area (Å²) in [5, 5.41) is 3.30. The molecule has 126 valence electrons. The molecule has 0 aliphatic carbocycles. The molecule has 2 heterocycles. The van der Waals surface area contributed by atoms with Crippen LogP contribution in [-0.4, -0.2) is 30.2 Å². The third kappa shape index (κ3) is 4.46. The van der Waals surface area contributed by atoms with Gasteiger partial charge >= 0.3 is 0 Å². The lowest BCUT2D eigenvalue weighted by Gasteiger charge is -2.14. The molecule has 6 heteroatoms. The maximum Gasteiger partial charge on any atom is 0.255 e. The van der Waals surface area contributed by atoms with Crippen molar-refractivity contribution >= 4 is 17.5 Å². The van der Waals surface area contributed by atoms with Gasteiger partial charge in [-0.1, -0.05) is 29.8 Å². The highest BCUT2D eigenvalue weighted by atomic mass is 35.5. The molecule has 1 N–H and O–H groups in total. The number of hydrogen-bond donors (Lipinski definition) is 1. The van der Waals surface area contributed by atoms with Crippen LogP contribution in [0.3, 0.4) is 0 Å². The number of amides is 1. The lowest BCUT2D eigenvalue weighted by molar-refractivity contribution is 0.0670. The van der Waals surface area contributed by atoms with Gasteiger partial charge < -0.3 is 14.8 Å². The summed E-state index contributed by atoms with van der Waals surface area (Å²) in [5.41, 5.74) is 1.39. The van der Waals surface area contributed by atoms with Crippen molar-refractivity contribution in [1.29, 1.82) is 0 Å². The number of nitrogens with zero attached hydrogens (tertiary/aromatic N) is 1. The van der Waals surface area contributed by atoms with Gasteiger partial charge in [0, 0.05) is 19.3 Å². The van der Waals surface area contributed by atoms with Crippen molar-refractivity contribution in [1.82, 2.24) is 10.3 Å². The van der Waals surface area contributed by atoms with Crippen LogP contribution in [0.5, 0.6) is 5.75 Å². The summed E-state index contributed by atoms with van der Waals surface area (Å²) in [6, 6.07) is 10.7. The van der Waals surface area contributed by atoms with Crippen molar-refractivity contribution in [3.8, 4) is 5.75 Å². The molecule has 1 fully saturated rings. The minimum atomic E-state index is -0.187. The molecule has 2 aromatic rings. The third-order valence-corrected chi connectivity index (χ3v) is 4.05. The lowest BCUT2D eigenvalue weighted by atomic mass is 10.1. The van der Waals surface area contributed by atoms with Crippen LogP contribution in [-0.2, 0) is 11.3 Å². The van der Waals surface area contributed by atoms with Gasteiger partial charge in [0.2, 0.25) is 0 Å². The fraction of sp³-hybridized carbons (Fsp3) is 0.333. The first-order valence-electron chi connectivity index (χ1n) is 7.94. The number of carbonyl (C=O) groups excluding carboxylic acids is 1. The maximum atomic E-state index is 12.4. The largest absolute Gasteiger partial charge is 0.490 e. The highest BCUT2D eigenvalue weighted by molar-refractivity contribution is 6.29. The molecule has 0 spiro atoms. The number of rotatable bonds is 6. The quantitative estimate of drug-likeness (QED) is 0.816. The number of ether oxygens (including phenoxy) is 2. The van der Waals surface area contributed by atoms with Gasteiger partial charge in [-0.3, -0.25) is 4.79 Å². The van der Waals surface area contributed by atoms with Crippen molar-refractivity contribution in [2.75, 3.05) is 13.2 Å². The molecule has 3 rings (SSSR count). The zero-order chi connectivity index (χ0) is 16.8. The van der Waals surface area contributed by atoms with Crippen LogP contribution in [0.25, 0.3) is 0 Å².